The van der Waals surface area contributed by atoms with Gasteiger partial charge in [0.25, 0.3) is 0 Å². The fourth-order valence-electron chi connectivity index (χ4n) is 8.47. The van der Waals surface area contributed by atoms with Gasteiger partial charge in [-0.25, -0.2) is 9.59 Å². The van der Waals surface area contributed by atoms with Crippen molar-refractivity contribution < 1.29 is 24.2 Å². The Bertz CT molecular complexity index is 1270. The highest BCUT2D eigenvalue weighted by molar-refractivity contribution is 6.01. The number of rotatable bonds is 8. The lowest BCUT2D eigenvalue weighted by molar-refractivity contribution is -0.138. The van der Waals surface area contributed by atoms with Crippen molar-refractivity contribution >= 4 is 11.9 Å². The minimum Gasteiger partial charge on any atom is -0.427 e. The van der Waals surface area contributed by atoms with Crippen molar-refractivity contribution in [3.8, 4) is 0 Å². The van der Waals surface area contributed by atoms with Crippen LogP contribution in [0.4, 0.5) is 0 Å². The fourth-order valence-corrected chi connectivity index (χ4v) is 8.47. The number of unbranched alkanes of at least 4 members (excludes halogenated alkanes) is 1. The Morgan fingerprint density at radius 2 is 1.92 bits per heavy atom. The van der Waals surface area contributed by atoms with Gasteiger partial charge in [0.15, 0.2) is 0 Å². The largest absolute Gasteiger partial charge is 0.427 e. The third-order valence-corrected chi connectivity index (χ3v) is 9.98. The summed E-state index contributed by atoms with van der Waals surface area (Å²) in [5.74, 6) is 1.35. The maximum absolute atomic E-state index is 13.7. The number of allylic oxidation sites excluding steroid dienone is 5. The van der Waals surface area contributed by atoms with Gasteiger partial charge in [-0.3, -0.25) is 0 Å². The van der Waals surface area contributed by atoms with Crippen LogP contribution in [0.3, 0.4) is 0 Å². The van der Waals surface area contributed by atoms with Gasteiger partial charge in [0.2, 0.25) is 0 Å². The monoisotopic (exact) mass is 514 g/mol. The van der Waals surface area contributed by atoms with Gasteiger partial charge in [0.05, 0.1) is 11.0 Å². The number of cyclic esters (lactones) is 2. The molecule has 2 aliphatic heterocycles. The van der Waals surface area contributed by atoms with Gasteiger partial charge < -0.3 is 14.6 Å². The van der Waals surface area contributed by atoms with Crippen LogP contribution in [0.5, 0.6) is 0 Å². The molecule has 2 heterocycles. The van der Waals surface area contributed by atoms with Crippen molar-refractivity contribution in [2.45, 2.75) is 71.6 Å². The molecule has 5 atom stereocenters. The second kappa shape index (κ2) is 9.68. The summed E-state index contributed by atoms with van der Waals surface area (Å²) in [6.07, 6.45) is 13.8. The number of carbonyl (C=O) groups is 2. The van der Waals surface area contributed by atoms with E-state index in [1.807, 2.05) is 12.1 Å². The predicted molar refractivity (Wildman–Crippen MR) is 144 cm³/mol. The molecule has 7 rings (SSSR count). The Kier molecular flexibility index (Phi) is 6.46. The van der Waals surface area contributed by atoms with Crippen LogP contribution in [0.15, 0.2) is 76.8 Å². The number of hydrogen-bond donors (Lipinski definition) is 1. The number of hydrogen-bond acceptors (Lipinski definition) is 5. The molecule has 0 aromatic heterocycles. The average molecular weight is 515 g/mol. The summed E-state index contributed by atoms with van der Waals surface area (Å²) < 4.78 is 12.1. The first-order chi connectivity index (χ1) is 18.5. The van der Waals surface area contributed by atoms with E-state index in [0.717, 1.165) is 56.9 Å². The van der Waals surface area contributed by atoms with Gasteiger partial charge in [0.1, 0.15) is 11.5 Å². The number of aliphatic hydroxyl groups excluding tert-OH is 1. The molecule has 1 saturated heterocycles. The van der Waals surface area contributed by atoms with Crippen LogP contribution in [0, 0.1) is 28.6 Å². The van der Waals surface area contributed by atoms with E-state index >= 15 is 0 Å². The minimum absolute atomic E-state index is 0.0565. The molecule has 38 heavy (non-hydrogen) atoms. The molecular weight excluding hydrogens is 476 g/mol. The Morgan fingerprint density at radius 1 is 1.11 bits per heavy atom. The highest BCUT2D eigenvalue weighted by Crippen LogP contribution is 2.76. The fraction of sp³-hybridized carbons (Fsp3) is 0.515. The molecule has 1 N–H and O–H groups in total. The zero-order chi connectivity index (χ0) is 26.5. The first kappa shape index (κ1) is 25.4. The molecule has 1 aromatic carbocycles. The molecule has 5 heteroatoms. The third-order valence-electron chi connectivity index (χ3n) is 9.98. The van der Waals surface area contributed by atoms with Crippen molar-refractivity contribution in [3.05, 3.63) is 82.4 Å². The van der Waals surface area contributed by atoms with Gasteiger partial charge in [-0.05, 0) is 86.8 Å². The van der Waals surface area contributed by atoms with E-state index in [-0.39, 0.29) is 36.3 Å². The maximum atomic E-state index is 13.7. The smallest absolute Gasteiger partial charge is 0.340 e. The van der Waals surface area contributed by atoms with E-state index in [1.54, 1.807) is 0 Å². The van der Waals surface area contributed by atoms with E-state index in [9.17, 15) is 14.7 Å². The highest BCUT2D eigenvalue weighted by Gasteiger charge is 2.74. The summed E-state index contributed by atoms with van der Waals surface area (Å²) in [4.78, 5) is 27.2. The number of carbonyl (C=O) groups excluding carboxylic acids is 2. The molecule has 200 valence electrons. The molecule has 0 amide bonds. The number of benzene rings is 1. The second-order valence-corrected chi connectivity index (χ2v) is 11.7. The number of esters is 2. The van der Waals surface area contributed by atoms with E-state index in [1.165, 1.54) is 5.56 Å². The van der Waals surface area contributed by atoms with Crippen LogP contribution >= 0.6 is 0 Å². The standard InChI is InChI=1S/C33H38O5/c1-3-5-11-27-24-12-13-25-23-14-15-32(33(25,16-17-34)29(24)31(36)37-27)26(20-23)30(35)38-28(32)19-21(4-2)18-22-9-7-6-8-10-22/h6-11,19-21,23,25,34H,3-5,12-18H2,1-2H3. The van der Waals surface area contributed by atoms with Crippen molar-refractivity contribution in [3.63, 3.8) is 0 Å². The maximum Gasteiger partial charge on any atom is 0.340 e. The molecule has 1 spiro atoms. The highest BCUT2D eigenvalue weighted by atomic mass is 16.6. The topological polar surface area (TPSA) is 72.8 Å². The van der Waals surface area contributed by atoms with Crippen molar-refractivity contribution in [2.24, 2.45) is 28.6 Å². The van der Waals surface area contributed by atoms with Crippen LogP contribution in [-0.4, -0.2) is 23.7 Å². The minimum atomic E-state index is -0.740. The summed E-state index contributed by atoms with van der Waals surface area (Å²) in [6.45, 7) is 4.22. The Balaban J connectivity index is 1.54. The Hall–Kier alpha value is -2.92. The summed E-state index contributed by atoms with van der Waals surface area (Å²) >= 11 is 0. The molecule has 2 fully saturated rings. The van der Waals surface area contributed by atoms with Crippen LogP contribution < -0.4 is 0 Å². The van der Waals surface area contributed by atoms with E-state index in [2.05, 4.69) is 50.3 Å². The summed E-state index contributed by atoms with van der Waals surface area (Å²) in [5.41, 5.74) is 2.20. The normalized spacial score (nSPS) is 34.1. The van der Waals surface area contributed by atoms with Gasteiger partial charge in [0, 0.05) is 23.2 Å². The molecule has 2 bridgehead atoms. The summed E-state index contributed by atoms with van der Waals surface area (Å²) in [5, 5.41) is 10.5. The third kappa shape index (κ3) is 3.47. The number of ether oxygens (including phenoxy) is 2. The van der Waals surface area contributed by atoms with E-state index in [0.29, 0.717) is 29.1 Å². The van der Waals surface area contributed by atoms with Gasteiger partial charge in [-0.2, -0.15) is 0 Å². The van der Waals surface area contributed by atoms with Gasteiger partial charge >= 0.3 is 11.9 Å². The van der Waals surface area contributed by atoms with Gasteiger partial charge in [-0.1, -0.05) is 56.7 Å². The zero-order valence-electron chi connectivity index (χ0n) is 22.5. The molecule has 6 aliphatic rings. The molecule has 0 radical (unpaired) electrons. The van der Waals surface area contributed by atoms with E-state index < -0.39 is 10.8 Å². The molecule has 1 saturated carbocycles. The summed E-state index contributed by atoms with van der Waals surface area (Å²) in [6, 6.07) is 10.4. The van der Waals surface area contributed by atoms with Crippen LogP contribution in [-0.2, 0) is 25.5 Å². The lowest BCUT2D eigenvalue weighted by atomic mass is 9.38. The van der Waals surface area contributed by atoms with Crippen LogP contribution in [0.2, 0.25) is 0 Å². The Morgan fingerprint density at radius 3 is 2.66 bits per heavy atom. The lowest BCUT2D eigenvalue weighted by Gasteiger charge is -2.62. The first-order valence-corrected chi connectivity index (χ1v) is 14.5. The number of fused-ring (bicyclic) bond motifs is 1. The van der Waals surface area contributed by atoms with Gasteiger partial charge in [-0.15, -0.1) is 0 Å². The van der Waals surface area contributed by atoms with Crippen molar-refractivity contribution in [2.75, 3.05) is 6.61 Å². The average Bonchev–Trinajstić information content (AvgIpc) is 3.42. The van der Waals surface area contributed by atoms with Crippen LogP contribution in [0.1, 0.15) is 70.8 Å². The zero-order valence-corrected chi connectivity index (χ0v) is 22.5. The van der Waals surface area contributed by atoms with Crippen LogP contribution in [0.25, 0.3) is 0 Å². The molecular formula is C33H38O5. The van der Waals surface area contributed by atoms with Crippen molar-refractivity contribution in [1.82, 2.24) is 0 Å². The molecule has 5 nitrogen and oxygen atoms in total. The SMILES string of the molecule is CCCC=C1OC(=O)C2=C1CCC1C3C=C4C(=O)OC(=CC(CC)Cc5ccccc5)C4(CC3)C21CCO. The molecule has 5 unspecified atom stereocenters. The Labute approximate surface area is 225 Å². The quantitative estimate of drug-likeness (QED) is 0.409. The lowest BCUT2D eigenvalue weighted by Crippen LogP contribution is -2.60. The summed E-state index contributed by atoms with van der Waals surface area (Å²) in [7, 11) is 0. The molecule has 1 aromatic rings. The van der Waals surface area contributed by atoms with E-state index in [4.69, 9.17) is 9.47 Å². The van der Waals surface area contributed by atoms with Crippen molar-refractivity contribution in [1.29, 1.82) is 0 Å². The first-order valence-electron chi connectivity index (χ1n) is 14.5. The number of aliphatic hydroxyl groups is 1. The molecule has 4 aliphatic carbocycles. The predicted octanol–water partition coefficient (Wildman–Crippen LogP) is 6.35. The second-order valence-electron chi connectivity index (χ2n) is 11.7.